The Balaban J connectivity index is 1.58. The largest absolute Gasteiger partial charge is 0.355 e. The molecule has 5 heteroatoms. The molecule has 2 N–H and O–H groups in total. The second-order valence-corrected chi connectivity index (χ2v) is 7.04. The van der Waals surface area contributed by atoms with E-state index in [1.165, 1.54) is 22.0 Å². The first-order chi connectivity index (χ1) is 13.2. The molecule has 0 fully saturated rings. The van der Waals surface area contributed by atoms with E-state index in [4.69, 9.17) is 0 Å². The molecule has 4 aromatic rings. The zero-order valence-corrected chi connectivity index (χ0v) is 15.1. The molecule has 27 heavy (non-hydrogen) atoms. The minimum absolute atomic E-state index is 0.114. The molecule has 5 rings (SSSR count). The second-order valence-electron chi connectivity index (χ2n) is 7.04. The Hall–Kier alpha value is -3.34. The van der Waals surface area contributed by atoms with Crippen molar-refractivity contribution in [3.63, 3.8) is 0 Å². The van der Waals surface area contributed by atoms with Crippen molar-refractivity contribution in [3.05, 3.63) is 66.0 Å². The van der Waals surface area contributed by atoms with Crippen LogP contribution in [0.2, 0.25) is 0 Å². The molecular weight excluding hydrogens is 336 g/mol. The molecule has 1 aliphatic heterocycles. The molecule has 0 aliphatic carbocycles. The minimum atomic E-state index is 0.114. The van der Waals surface area contributed by atoms with Crippen LogP contribution < -0.4 is 5.32 Å². The van der Waals surface area contributed by atoms with E-state index in [1.807, 2.05) is 17.2 Å². The fraction of sp³-hybridized carbons (Fsp3) is 0.182. The lowest BCUT2D eigenvalue weighted by Crippen LogP contribution is -2.33. The first kappa shape index (κ1) is 15.9. The van der Waals surface area contributed by atoms with E-state index in [2.05, 4.69) is 57.7 Å². The van der Waals surface area contributed by atoms with Crippen molar-refractivity contribution < 1.29 is 4.79 Å². The Kier molecular flexibility index (Phi) is 3.60. The van der Waals surface area contributed by atoms with Crippen molar-refractivity contribution in [2.24, 2.45) is 0 Å². The third-order valence-electron chi connectivity index (χ3n) is 5.34. The number of rotatable bonds is 2. The lowest BCUT2D eigenvalue weighted by atomic mass is 10.0. The van der Waals surface area contributed by atoms with Gasteiger partial charge in [-0.1, -0.05) is 30.3 Å². The maximum atomic E-state index is 11.9. The van der Waals surface area contributed by atoms with Gasteiger partial charge in [0.2, 0.25) is 5.91 Å². The molecular formula is C22H20N4O. The van der Waals surface area contributed by atoms with Crippen molar-refractivity contribution >= 4 is 39.1 Å². The number of anilines is 2. The first-order valence-corrected chi connectivity index (χ1v) is 9.19. The van der Waals surface area contributed by atoms with Gasteiger partial charge in [0.05, 0.1) is 5.69 Å². The molecule has 5 nitrogen and oxygen atoms in total. The van der Waals surface area contributed by atoms with Crippen molar-refractivity contribution in [2.45, 2.75) is 19.9 Å². The highest BCUT2D eigenvalue weighted by Crippen LogP contribution is 2.34. The third-order valence-corrected chi connectivity index (χ3v) is 5.34. The number of pyridine rings is 1. The van der Waals surface area contributed by atoms with E-state index in [0.717, 1.165) is 35.4 Å². The first-order valence-electron chi connectivity index (χ1n) is 9.19. The van der Waals surface area contributed by atoms with Gasteiger partial charge >= 0.3 is 0 Å². The van der Waals surface area contributed by atoms with Crippen molar-refractivity contribution in [1.29, 1.82) is 0 Å². The number of nitrogens with one attached hydrogen (secondary N) is 2. The number of carbonyl (C=O) groups excluding carboxylic acids is 1. The smallest absolute Gasteiger partial charge is 0.219 e. The molecule has 134 valence electrons. The van der Waals surface area contributed by atoms with E-state index in [-0.39, 0.29) is 5.91 Å². The molecule has 0 unspecified atom stereocenters. The number of aromatic amines is 1. The lowest BCUT2D eigenvalue weighted by Gasteiger charge is -2.26. The zero-order valence-electron chi connectivity index (χ0n) is 15.1. The molecule has 3 heterocycles. The predicted molar refractivity (Wildman–Crippen MR) is 108 cm³/mol. The summed E-state index contributed by atoms with van der Waals surface area (Å²) in [6, 6.07) is 16.7. The van der Waals surface area contributed by atoms with Crippen LogP contribution in [0.1, 0.15) is 18.2 Å². The number of benzene rings is 2. The lowest BCUT2D eigenvalue weighted by molar-refractivity contribution is -0.129. The van der Waals surface area contributed by atoms with Gasteiger partial charge in [0.1, 0.15) is 5.65 Å². The molecule has 0 spiro atoms. The van der Waals surface area contributed by atoms with Gasteiger partial charge in [-0.3, -0.25) is 4.79 Å². The fourth-order valence-electron chi connectivity index (χ4n) is 3.93. The summed E-state index contributed by atoms with van der Waals surface area (Å²) in [6.07, 6.45) is 2.65. The van der Waals surface area contributed by atoms with Gasteiger partial charge in [-0.05, 0) is 29.0 Å². The van der Waals surface area contributed by atoms with Crippen LogP contribution in [0.25, 0.3) is 21.8 Å². The van der Waals surface area contributed by atoms with Crippen LogP contribution in [-0.4, -0.2) is 27.3 Å². The van der Waals surface area contributed by atoms with Gasteiger partial charge in [-0.15, -0.1) is 0 Å². The van der Waals surface area contributed by atoms with E-state index in [0.29, 0.717) is 6.54 Å². The average molecular weight is 356 g/mol. The number of carbonyl (C=O) groups is 1. The summed E-state index contributed by atoms with van der Waals surface area (Å²) in [5.41, 5.74) is 5.27. The standard InChI is InChI=1S/C22H20N4O/c1-14(27)26-11-9-19-18(13-26)21-20(8-10-23-22(21)25-19)24-17-7-6-15-4-2-3-5-16(15)12-17/h2-8,10,12H,9,11,13H2,1H3,(H2,23,24,25). The maximum absolute atomic E-state index is 11.9. The summed E-state index contributed by atoms with van der Waals surface area (Å²) in [5, 5.41) is 7.05. The monoisotopic (exact) mass is 356 g/mol. The highest BCUT2D eigenvalue weighted by atomic mass is 16.2. The van der Waals surface area contributed by atoms with Crippen molar-refractivity contribution in [1.82, 2.24) is 14.9 Å². The fourth-order valence-corrected chi connectivity index (χ4v) is 3.93. The van der Waals surface area contributed by atoms with Crippen molar-refractivity contribution in [2.75, 3.05) is 11.9 Å². The molecule has 2 aromatic heterocycles. The molecule has 0 saturated carbocycles. The predicted octanol–water partition coefficient (Wildman–Crippen LogP) is 4.36. The normalized spacial score (nSPS) is 13.7. The van der Waals surface area contributed by atoms with Crippen LogP contribution in [0.15, 0.2) is 54.7 Å². The zero-order chi connectivity index (χ0) is 18.4. The molecule has 0 atom stereocenters. The molecule has 0 saturated heterocycles. The van der Waals surface area contributed by atoms with Gasteiger partial charge in [-0.2, -0.15) is 0 Å². The number of H-pyrrole nitrogens is 1. The quantitative estimate of drug-likeness (QED) is 0.561. The van der Waals surface area contributed by atoms with Crippen LogP contribution >= 0.6 is 0 Å². The number of fused-ring (bicyclic) bond motifs is 4. The minimum Gasteiger partial charge on any atom is -0.355 e. The van der Waals surface area contributed by atoms with Crippen LogP contribution in [0.4, 0.5) is 11.4 Å². The van der Waals surface area contributed by atoms with Crippen LogP contribution in [-0.2, 0) is 17.8 Å². The van der Waals surface area contributed by atoms with Crippen LogP contribution in [0, 0.1) is 0 Å². The van der Waals surface area contributed by atoms with Gasteiger partial charge in [0.15, 0.2) is 0 Å². The molecule has 0 radical (unpaired) electrons. The van der Waals surface area contributed by atoms with Gasteiger partial charge in [0.25, 0.3) is 0 Å². The highest BCUT2D eigenvalue weighted by molar-refractivity contribution is 5.96. The van der Waals surface area contributed by atoms with E-state index in [9.17, 15) is 4.79 Å². The Morgan fingerprint density at radius 1 is 1.15 bits per heavy atom. The Morgan fingerprint density at radius 3 is 2.85 bits per heavy atom. The molecule has 1 amide bonds. The summed E-state index contributed by atoms with van der Waals surface area (Å²) in [5.74, 6) is 0.114. The number of hydrogen-bond acceptors (Lipinski definition) is 3. The maximum Gasteiger partial charge on any atom is 0.219 e. The number of aromatic nitrogens is 2. The summed E-state index contributed by atoms with van der Waals surface area (Å²) >= 11 is 0. The highest BCUT2D eigenvalue weighted by Gasteiger charge is 2.24. The molecule has 2 aromatic carbocycles. The topological polar surface area (TPSA) is 61.0 Å². The molecule has 0 bridgehead atoms. The molecule has 1 aliphatic rings. The Bertz CT molecular complexity index is 1180. The van der Waals surface area contributed by atoms with Crippen LogP contribution in [0.3, 0.4) is 0 Å². The summed E-state index contributed by atoms with van der Waals surface area (Å²) in [7, 11) is 0. The van der Waals surface area contributed by atoms with E-state index in [1.54, 1.807) is 6.92 Å². The third kappa shape index (κ3) is 2.72. The second kappa shape index (κ2) is 6.13. The Morgan fingerprint density at radius 2 is 2.00 bits per heavy atom. The summed E-state index contributed by atoms with van der Waals surface area (Å²) < 4.78 is 0. The van der Waals surface area contributed by atoms with E-state index >= 15 is 0 Å². The van der Waals surface area contributed by atoms with Gasteiger partial charge in [0, 0.05) is 55.0 Å². The average Bonchev–Trinajstić information content (AvgIpc) is 3.06. The number of hydrogen-bond donors (Lipinski definition) is 2. The van der Waals surface area contributed by atoms with Crippen LogP contribution in [0.5, 0.6) is 0 Å². The van der Waals surface area contributed by atoms with Gasteiger partial charge in [-0.25, -0.2) is 4.98 Å². The van der Waals surface area contributed by atoms with E-state index < -0.39 is 0 Å². The number of amides is 1. The van der Waals surface area contributed by atoms with Gasteiger partial charge < -0.3 is 15.2 Å². The Labute approximate surface area is 157 Å². The summed E-state index contributed by atoms with van der Waals surface area (Å²) in [4.78, 5) is 21.7. The number of nitrogens with zero attached hydrogens (tertiary/aromatic N) is 2. The van der Waals surface area contributed by atoms with Crippen molar-refractivity contribution in [3.8, 4) is 0 Å². The summed E-state index contributed by atoms with van der Waals surface area (Å²) in [6.45, 7) is 3.01. The SMILES string of the molecule is CC(=O)N1CCc2[nH]c3nccc(Nc4ccc5ccccc5c4)c3c2C1.